The number of aromatic nitrogens is 4. The average Bonchev–Trinajstić information content (AvgIpc) is 2.55. The van der Waals surface area contributed by atoms with Crippen LogP contribution in [0.1, 0.15) is 31.0 Å². The number of hydrogen-bond acceptors (Lipinski definition) is 5. The van der Waals surface area contributed by atoms with Gasteiger partial charge in [0.05, 0.1) is 0 Å². The van der Waals surface area contributed by atoms with Crippen LogP contribution in [-0.2, 0) is 12.8 Å². The average molecular weight is 283 g/mol. The summed E-state index contributed by atoms with van der Waals surface area (Å²) in [5.74, 6) is 1.94. The Bertz CT molecular complexity index is 584. The summed E-state index contributed by atoms with van der Waals surface area (Å²) in [5.41, 5.74) is 2.45. The number of nitrogens with one attached hydrogen (secondary N) is 1. The van der Waals surface area contributed by atoms with Gasteiger partial charge >= 0.3 is 0 Å². The lowest BCUT2D eigenvalue weighted by Gasteiger charge is -2.24. The number of rotatable bonds is 5. The van der Waals surface area contributed by atoms with Crippen molar-refractivity contribution in [1.29, 1.82) is 0 Å². The number of fused-ring (bicyclic) bond motifs is 1. The Labute approximate surface area is 125 Å². The van der Waals surface area contributed by atoms with E-state index in [2.05, 4.69) is 32.2 Å². The molecule has 0 aliphatic heterocycles. The summed E-state index contributed by atoms with van der Waals surface area (Å²) in [5, 5.41) is 3.51. The minimum atomic E-state index is 0.604. The molecule has 0 spiro atoms. The highest BCUT2D eigenvalue weighted by atomic mass is 15.0. The maximum absolute atomic E-state index is 4.66. The molecule has 2 heterocycles. The molecule has 5 nitrogen and oxygen atoms in total. The summed E-state index contributed by atoms with van der Waals surface area (Å²) in [6, 6.07) is 1.80. The molecule has 1 atom stereocenters. The summed E-state index contributed by atoms with van der Waals surface area (Å²) in [7, 11) is 0. The lowest BCUT2D eigenvalue weighted by molar-refractivity contribution is 0.420. The van der Waals surface area contributed by atoms with Crippen LogP contribution < -0.4 is 5.32 Å². The Morgan fingerprint density at radius 2 is 2.05 bits per heavy atom. The Kier molecular flexibility index (Phi) is 4.50. The fraction of sp³-hybridized carbons (Fsp3) is 0.500. The van der Waals surface area contributed by atoms with Crippen LogP contribution in [-0.4, -0.2) is 33.0 Å². The molecular formula is C16H21N5. The molecule has 0 aromatic carbocycles. The molecule has 1 aliphatic carbocycles. The normalized spacial score (nSPS) is 17.5. The molecule has 5 heteroatoms. The van der Waals surface area contributed by atoms with Gasteiger partial charge in [-0.25, -0.2) is 19.9 Å². The molecule has 0 radical (unpaired) electrons. The van der Waals surface area contributed by atoms with Gasteiger partial charge < -0.3 is 5.32 Å². The van der Waals surface area contributed by atoms with E-state index < -0.39 is 0 Å². The first kappa shape index (κ1) is 14.1. The van der Waals surface area contributed by atoms with Crippen LogP contribution in [0.5, 0.6) is 0 Å². The van der Waals surface area contributed by atoms with Crippen LogP contribution in [0, 0.1) is 5.92 Å². The number of aryl methyl sites for hydroxylation is 1. The Morgan fingerprint density at radius 3 is 2.86 bits per heavy atom. The Morgan fingerprint density at radius 1 is 1.19 bits per heavy atom. The van der Waals surface area contributed by atoms with Crippen LogP contribution in [0.15, 0.2) is 24.7 Å². The molecule has 0 saturated heterocycles. The van der Waals surface area contributed by atoms with E-state index >= 15 is 0 Å². The first-order valence-corrected chi connectivity index (χ1v) is 7.69. The standard InChI is InChI=1S/C16H21N5/c1-2-6-17-10-12-4-5-14-13(9-12)11-20-16(21-14)15-18-7-3-8-19-15/h3,7-8,11-12,17H,2,4-6,9-10H2,1H3. The van der Waals surface area contributed by atoms with Gasteiger partial charge in [-0.15, -0.1) is 0 Å². The molecule has 1 unspecified atom stereocenters. The maximum atomic E-state index is 4.66. The van der Waals surface area contributed by atoms with Crippen LogP contribution in [0.2, 0.25) is 0 Å². The van der Waals surface area contributed by atoms with Crippen molar-refractivity contribution in [1.82, 2.24) is 25.3 Å². The topological polar surface area (TPSA) is 63.6 Å². The molecular weight excluding hydrogens is 262 g/mol. The molecule has 3 rings (SSSR count). The van der Waals surface area contributed by atoms with E-state index in [1.54, 1.807) is 18.5 Å². The second-order valence-electron chi connectivity index (χ2n) is 5.55. The largest absolute Gasteiger partial charge is 0.316 e. The maximum Gasteiger partial charge on any atom is 0.197 e. The zero-order valence-corrected chi connectivity index (χ0v) is 12.4. The van der Waals surface area contributed by atoms with Gasteiger partial charge in [0.2, 0.25) is 0 Å². The summed E-state index contributed by atoms with van der Waals surface area (Å²) in [6.45, 7) is 4.39. The first-order valence-electron chi connectivity index (χ1n) is 7.69. The SMILES string of the molecule is CCCNCC1CCc2nc(-c3ncccn3)ncc2C1. The van der Waals surface area contributed by atoms with E-state index in [1.165, 1.54) is 24.1 Å². The monoisotopic (exact) mass is 283 g/mol. The summed E-state index contributed by atoms with van der Waals surface area (Å²) >= 11 is 0. The van der Waals surface area contributed by atoms with Gasteiger partial charge in [-0.2, -0.15) is 0 Å². The van der Waals surface area contributed by atoms with Crippen molar-refractivity contribution < 1.29 is 0 Å². The molecule has 0 amide bonds. The highest BCUT2D eigenvalue weighted by molar-refractivity contribution is 5.43. The van der Waals surface area contributed by atoms with Crippen LogP contribution in [0.3, 0.4) is 0 Å². The van der Waals surface area contributed by atoms with E-state index in [9.17, 15) is 0 Å². The van der Waals surface area contributed by atoms with Gasteiger partial charge in [0, 0.05) is 24.3 Å². The molecule has 110 valence electrons. The third kappa shape index (κ3) is 3.42. The van der Waals surface area contributed by atoms with Crippen molar-refractivity contribution in [2.24, 2.45) is 5.92 Å². The van der Waals surface area contributed by atoms with Crippen molar-refractivity contribution in [3.8, 4) is 11.6 Å². The van der Waals surface area contributed by atoms with Gasteiger partial charge in [0.1, 0.15) is 0 Å². The lowest BCUT2D eigenvalue weighted by atomic mass is 9.87. The van der Waals surface area contributed by atoms with Crippen molar-refractivity contribution in [2.75, 3.05) is 13.1 Å². The predicted molar refractivity (Wildman–Crippen MR) is 81.7 cm³/mol. The molecule has 21 heavy (non-hydrogen) atoms. The van der Waals surface area contributed by atoms with Crippen LogP contribution in [0.25, 0.3) is 11.6 Å². The zero-order valence-electron chi connectivity index (χ0n) is 12.4. The van der Waals surface area contributed by atoms with E-state index in [4.69, 9.17) is 0 Å². The summed E-state index contributed by atoms with van der Waals surface area (Å²) in [4.78, 5) is 17.5. The first-order chi connectivity index (χ1) is 10.4. The van der Waals surface area contributed by atoms with E-state index in [0.717, 1.165) is 25.9 Å². The molecule has 0 fully saturated rings. The van der Waals surface area contributed by atoms with Crippen LogP contribution in [0.4, 0.5) is 0 Å². The molecule has 2 aromatic rings. The van der Waals surface area contributed by atoms with Gasteiger partial charge in [-0.05, 0) is 56.3 Å². The van der Waals surface area contributed by atoms with Gasteiger partial charge in [0.25, 0.3) is 0 Å². The Balaban J connectivity index is 1.71. The molecule has 0 saturated carbocycles. The van der Waals surface area contributed by atoms with Gasteiger partial charge in [-0.1, -0.05) is 6.92 Å². The summed E-state index contributed by atoms with van der Waals surface area (Å²) in [6.07, 6.45) is 9.88. The van der Waals surface area contributed by atoms with Gasteiger partial charge in [0.15, 0.2) is 11.6 Å². The molecule has 1 N–H and O–H groups in total. The van der Waals surface area contributed by atoms with Crippen molar-refractivity contribution in [2.45, 2.75) is 32.6 Å². The van der Waals surface area contributed by atoms with Gasteiger partial charge in [-0.3, -0.25) is 0 Å². The minimum Gasteiger partial charge on any atom is -0.316 e. The fourth-order valence-corrected chi connectivity index (χ4v) is 2.76. The predicted octanol–water partition coefficient (Wildman–Crippen LogP) is 2.04. The van der Waals surface area contributed by atoms with E-state index in [0.29, 0.717) is 17.6 Å². The zero-order chi connectivity index (χ0) is 14.5. The third-order valence-electron chi connectivity index (χ3n) is 3.88. The smallest absolute Gasteiger partial charge is 0.197 e. The Hall–Kier alpha value is -1.88. The van der Waals surface area contributed by atoms with E-state index in [1.807, 2.05) is 6.20 Å². The molecule has 0 bridgehead atoms. The van der Waals surface area contributed by atoms with Crippen molar-refractivity contribution in [3.63, 3.8) is 0 Å². The second kappa shape index (κ2) is 6.72. The fourth-order valence-electron chi connectivity index (χ4n) is 2.76. The number of hydrogen-bond donors (Lipinski definition) is 1. The summed E-state index contributed by atoms with van der Waals surface area (Å²) < 4.78 is 0. The highest BCUT2D eigenvalue weighted by Crippen LogP contribution is 2.24. The minimum absolute atomic E-state index is 0.604. The quantitative estimate of drug-likeness (QED) is 0.851. The highest BCUT2D eigenvalue weighted by Gasteiger charge is 2.20. The van der Waals surface area contributed by atoms with Crippen molar-refractivity contribution >= 4 is 0 Å². The third-order valence-corrected chi connectivity index (χ3v) is 3.88. The van der Waals surface area contributed by atoms with Crippen molar-refractivity contribution in [3.05, 3.63) is 35.9 Å². The molecule has 2 aromatic heterocycles. The number of nitrogens with zero attached hydrogens (tertiary/aromatic N) is 4. The molecule has 1 aliphatic rings. The second-order valence-corrected chi connectivity index (χ2v) is 5.55. The lowest BCUT2D eigenvalue weighted by Crippen LogP contribution is -2.28. The van der Waals surface area contributed by atoms with E-state index in [-0.39, 0.29) is 0 Å². The van der Waals surface area contributed by atoms with Crippen LogP contribution >= 0.6 is 0 Å².